The molecule has 0 atom stereocenters. The minimum atomic E-state index is 0.758. The van der Waals surface area contributed by atoms with Crippen LogP contribution < -0.4 is 4.90 Å². The molecular weight excluding hydrogens is 162 g/mol. The molecule has 0 N–H and O–H groups in total. The average molecular weight is 177 g/mol. The quantitative estimate of drug-likeness (QED) is 0.645. The second kappa shape index (κ2) is 3.60. The molecular formula is C11H15NO. The van der Waals surface area contributed by atoms with Crippen molar-refractivity contribution in [2.24, 2.45) is 0 Å². The molecule has 0 saturated heterocycles. The van der Waals surface area contributed by atoms with Crippen molar-refractivity contribution in [2.75, 3.05) is 19.0 Å². The van der Waals surface area contributed by atoms with E-state index in [2.05, 4.69) is 6.92 Å². The molecule has 0 aliphatic carbocycles. The zero-order valence-corrected chi connectivity index (χ0v) is 8.59. The molecule has 0 saturated carbocycles. The Morgan fingerprint density at radius 1 is 1.23 bits per heavy atom. The Morgan fingerprint density at radius 3 is 2.31 bits per heavy atom. The van der Waals surface area contributed by atoms with E-state index in [0.717, 1.165) is 17.5 Å². The zero-order valence-electron chi connectivity index (χ0n) is 8.59. The number of carbonyl (C=O) groups is 1. The lowest BCUT2D eigenvalue weighted by atomic mass is 10.0. The maximum atomic E-state index is 10.8. The van der Waals surface area contributed by atoms with Gasteiger partial charge in [0.05, 0.1) is 0 Å². The summed E-state index contributed by atoms with van der Waals surface area (Å²) in [5.41, 5.74) is 4.17. The molecule has 0 bridgehead atoms. The average Bonchev–Trinajstić information content (AvgIpc) is 2.08. The summed E-state index contributed by atoms with van der Waals surface area (Å²) in [6, 6.07) is 3.84. The molecule has 1 rings (SSSR count). The number of hydrogen-bond donors (Lipinski definition) is 0. The number of aryl methyl sites for hydroxylation is 1. The first-order valence-electron chi connectivity index (χ1n) is 4.30. The van der Waals surface area contributed by atoms with Gasteiger partial charge in [0.2, 0.25) is 0 Å². The highest BCUT2D eigenvalue weighted by Crippen LogP contribution is 2.24. The summed E-state index contributed by atoms with van der Waals surface area (Å²) in [6.45, 7) is 4.09. The Morgan fingerprint density at radius 2 is 1.85 bits per heavy atom. The smallest absolute Gasteiger partial charge is 0.152 e. The molecule has 0 spiro atoms. The Hall–Kier alpha value is -1.31. The molecule has 1 aromatic carbocycles. The molecule has 2 heteroatoms. The monoisotopic (exact) mass is 177 g/mol. The highest BCUT2D eigenvalue weighted by atomic mass is 16.1. The van der Waals surface area contributed by atoms with Gasteiger partial charge in [-0.05, 0) is 31.0 Å². The topological polar surface area (TPSA) is 20.3 Å². The summed E-state index contributed by atoms with van der Waals surface area (Å²) >= 11 is 0. The van der Waals surface area contributed by atoms with Crippen molar-refractivity contribution in [3.05, 3.63) is 28.8 Å². The zero-order chi connectivity index (χ0) is 10.0. The third-order valence-corrected chi connectivity index (χ3v) is 2.31. The minimum absolute atomic E-state index is 0.758. The second-order valence-corrected chi connectivity index (χ2v) is 3.46. The van der Waals surface area contributed by atoms with Gasteiger partial charge in [-0.1, -0.05) is 6.07 Å². The van der Waals surface area contributed by atoms with Crippen molar-refractivity contribution in [3.63, 3.8) is 0 Å². The highest BCUT2D eigenvalue weighted by molar-refractivity contribution is 5.86. The highest BCUT2D eigenvalue weighted by Gasteiger charge is 2.08. The number of benzene rings is 1. The summed E-state index contributed by atoms with van der Waals surface area (Å²) in [6.07, 6.45) is 0.905. The molecule has 0 amide bonds. The van der Waals surface area contributed by atoms with E-state index in [1.54, 1.807) is 0 Å². The van der Waals surface area contributed by atoms with Crippen molar-refractivity contribution >= 4 is 12.0 Å². The number of aldehydes is 1. The number of anilines is 1. The Bertz CT molecular complexity index is 329. The van der Waals surface area contributed by atoms with E-state index in [4.69, 9.17) is 0 Å². The molecule has 1 aromatic rings. The summed E-state index contributed by atoms with van der Waals surface area (Å²) in [5.74, 6) is 0. The fourth-order valence-electron chi connectivity index (χ4n) is 1.51. The van der Waals surface area contributed by atoms with Crippen LogP contribution in [0.3, 0.4) is 0 Å². The van der Waals surface area contributed by atoms with Crippen LogP contribution in [0.1, 0.15) is 21.5 Å². The van der Waals surface area contributed by atoms with Crippen LogP contribution >= 0.6 is 0 Å². The van der Waals surface area contributed by atoms with Crippen molar-refractivity contribution in [2.45, 2.75) is 13.8 Å². The molecule has 13 heavy (non-hydrogen) atoms. The molecule has 0 aromatic heterocycles. The normalized spacial score (nSPS) is 9.85. The van der Waals surface area contributed by atoms with E-state index in [1.807, 2.05) is 38.1 Å². The van der Waals surface area contributed by atoms with Gasteiger partial charge in [-0.3, -0.25) is 4.79 Å². The fraction of sp³-hybridized carbons (Fsp3) is 0.364. The van der Waals surface area contributed by atoms with E-state index in [0.29, 0.717) is 0 Å². The molecule has 0 fully saturated rings. The Balaban J connectivity index is 3.41. The molecule has 0 aliphatic heterocycles. The number of rotatable bonds is 2. The second-order valence-electron chi connectivity index (χ2n) is 3.46. The van der Waals surface area contributed by atoms with Gasteiger partial charge in [0, 0.05) is 25.3 Å². The van der Waals surface area contributed by atoms with Crippen LogP contribution in [0.25, 0.3) is 0 Å². The van der Waals surface area contributed by atoms with E-state index in [-0.39, 0.29) is 0 Å². The lowest BCUT2D eigenvalue weighted by Crippen LogP contribution is -2.13. The van der Waals surface area contributed by atoms with Gasteiger partial charge >= 0.3 is 0 Å². The van der Waals surface area contributed by atoms with Gasteiger partial charge in [0.15, 0.2) is 6.29 Å². The van der Waals surface area contributed by atoms with Gasteiger partial charge in [0.25, 0.3) is 0 Å². The van der Waals surface area contributed by atoms with Crippen molar-refractivity contribution in [1.82, 2.24) is 0 Å². The van der Waals surface area contributed by atoms with Gasteiger partial charge in [-0.15, -0.1) is 0 Å². The fourth-order valence-corrected chi connectivity index (χ4v) is 1.51. The predicted molar refractivity (Wildman–Crippen MR) is 55.6 cm³/mol. The first kappa shape index (κ1) is 9.78. The predicted octanol–water partition coefficient (Wildman–Crippen LogP) is 2.18. The number of hydrogen-bond acceptors (Lipinski definition) is 2. The van der Waals surface area contributed by atoms with Crippen molar-refractivity contribution < 1.29 is 4.79 Å². The Kier molecular flexibility index (Phi) is 2.71. The maximum absolute atomic E-state index is 10.8. The van der Waals surface area contributed by atoms with Gasteiger partial charge in [-0.25, -0.2) is 0 Å². The first-order valence-corrected chi connectivity index (χ1v) is 4.30. The third kappa shape index (κ3) is 1.72. The molecule has 0 unspecified atom stereocenters. The van der Waals surface area contributed by atoms with Crippen LogP contribution in [0, 0.1) is 13.8 Å². The third-order valence-electron chi connectivity index (χ3n) is 2.31. The maximum Gasteiger partial charge on any atom is 0.152 e. The Labute approximate surface area is 79.2 Å². The first-order chi connectivity index (χ1) is 6.07. The largest absolute Gasteiger partial charge is 0.377 e. The van der Waals surface area contributed by atoms with Gasteiger partial charge < -0.3 is 4.90 Å². The number of carbonyl (C=O) groups excluding carboxylic acids is 1. The van der Waals surface area contributed by atoms with Crippen molar-refractivity contribution in [3.8, 4) is 0 Å². The SMILES string of the molecule is Cc1ccc(C=O)c(N(C)C)c1C. The van der Waals surface area contributed by atoms with E-state index in [1.165, 1.54) is 11.1 Å². The molecule has 2 nitrogen and oxygen atoms in total. The summed E-state index contributed by atoms with van der Waals surface area (Å²) in [4.78, 5) is 12.7. The van der Waals surface area contributed by atoms with Gasteiger partial charge in [0.1, 0.15) is 0 Å². The van der Waals surface area contributed by atoms with Gasteiger partial charge in [-0.2, -0.15) is 0 Å². The summed E-state index contributed by atoms with van der Waals surface area (Å²) in [5, 5.41) is 0. The van der Waals surface area contributed by atoms with Crippen LogP contribution in [0.5, 0.6) is 0 Å². The number of nitrogens with zero attached hydrogens (tertiary/aromatic N) is 1. The van der Waals surface area contributed by atoms with E-state index >= 15 is 0 Å². The van der Waals surface area contributed by atoms with Crippen LogP contribution in [-0.4, -0.2) is 20.4 Å². The van der Waals surface area contributed by atoms with Crippen LogP contribution in [0.15, 0.2) is 12.1 Å². The lowest BCUT2D eigenvalue weighted by Gasteiger charge is -2.19. The van der Waals surface area contributed by atoms with Crippen LogP contribution in [-0.2, 0) is 0 Å². The van der Waals surface area contributed by atoms with Crippen LogP contribution in [0.2, 0.25) is 0 Å². The van der Waals surface area contributed by atoms with Crippen molar-refractivity contribution in [1.29, 1.82) is 0 Å². The summed E-state index contributed by atoms with van der Waals surface area (Å²) in [7, 11) is 3.91. The van der Waals surface area contributed by atoms with E-state index in [9.17, 15) is 4.79 Å². The molecule has 0 radical (unpaired) electrons. The molecule has 0 aliphatic rings. The van der Waals surface area contributed by atoms with E-state index < -0.39 is 0 Å². The molecule has 0 heterocycles. The minimum Gasteiger partial charge on any atom is -0.377 e. The lowest BCUT2D eigenvalue weighted by molar-refractivity contribution is 0.112. The standard InChI is InChI=1S/C11H15NO/c1-8-5-6-10(7-13)11(9(8)2)12(3)4/h5-7H,1-4H3. The van der Waals surface area contributed by atoms with Crippen LogP contribution in [0.4, 0.5) is 5.69 Å². The summed E-state index contributed by atoms with van der Waals surface area (Å²) < 4.78 is 0. The molecule has 70 valence electrons.